The van der Waals surface area contributed by atoms with Crippen LogP contribution in [0.5, 0.6) is 0 Å². The summed E-state index contributed by atoms with van der Waals surface area (Å²) >= 11 is 0. The fourth-order valence-electron chi connectivity index (χ4n) is 2.62. The lowest BCUT2D eigenvalue weighted by Gasteiger charge is -2.29. The first-order chi connectivity index (χ1) is 12.4. The zero-order valence-electron chi connectivity index (χ0n) is 13.8. The van der Waals surface area contributed by atoms with Crippen LogP contribution in [0.4, 0.5) is 18.9 Å². The van der Waals surface area contributed by atoms with Gasteiger partial charge in [-0.15, -0.1) is 0 Å². The molecule has 2 heterocycles. The second-order valence-corrected chi connectivity index (χ2v) is 5.83. The number of carbonyl (C=O) groups excluding carboxylic acids is 1. The van der Waals surface area contributed by atoms with E-state index in [4.69, 9.17) is 10.6 Å². The molecular weight excluding hydrogens is 351 g/mol. The van der Waals surface area contributed by atoms with Gasteiger partial charge in [0.2, 0.25) is 6.10 Å². The maximum atomic E-state index is 13.3. The van der Waals surface area contributed by atoms with Gasteiger partial charge >= 0.3 is 0 Å². The van der Waals surface area contributed by atoms with Crippen molar-refractivity contribution in [2.75, 3.05) is 11.4 Å². The summed E-state index contributed by atoms with van der Waals surface area (Å²) in [7, 11) is 1.73. The standard InChI is InChI=1S/C16H16F3N5O2/c1-23-8-10(7-21-23)24-4-2-3-13(16(24)25)26-22-15(20)9-5-11(17)14(19)12(18)6-9/h5-8,13H,2-4H2,1H3,(H2,20,22). The molecule has 0 aliphatic carbocycles. The minimum Gasteiger partial charge on any atom is -0.381 e. The fraction of sp³-hybridized carbons (Fsp3) is 0.312. The number of hydrogen-bond donors (Lipinski definition) is 1. The van der Waals surface area contributed by atoms with Gasteiger partial charge in [-0.25, -0.2) is 13.2 Å². The van der Waals surface area contributed by atoms with Gasteiger partial charge in [0.15, 0.2) is 23.3 Å². The Morgan fingerprint density at radius 3 is 2.65 bits per heavy atom. The Hall–Kier alpha value is -3.04. The Balaban J connectivity index is 1.73. The summed E-state index contributed by atoms with van der Waals surface area (Å²) in [4.78, 5) is 19.2. The largest absolute Gasteiger partial charge is 0.381 e. The average molecular weight is 367 g/mol. The Morgan fingerprint density at radius 1 is 1.35 bits per heavy atom. The van der Waals surface area contributed by atoms with Gasteiger partial charge in [0.05, 0.1) is 11.9 Å². The molecule has 2 aromatic rings. The van der Waals surface area contributed by atoms with Crippen molar-refractivity contribution in [2.24, 2.45) is 17.9 Å². The normalized spacial score (nSPS) is 18.3. The highest BCUT2D eigenvalue weighted by molar-refractivity contribution is 5.98. The van der Waals surface area contributed by atoms with Crippen LogP contribution in [0.15, 0.2) is 29.7 Å². The molecule has 0 bridgehead atoms. The molecular formula is C16H16F3N5O2. The predicted molar refractivity (Wildman–Crippen MR) is 86.7 cm³/mol. The van der Waals surface area contributed by atoms with Crippen molar-refractivity contribution in [1.29, 1.82) is 0 Å². The number of nitrogens with zero attached hydrogens (tertiary/aromatic N) is 4. The van der Waals surface area contributed by atoms with Crippen molar-refractivity contribution in [3.63, 3.8) is 0 Å². The van der Waals surface area contributed by atoms with Gasteiger partial charge in [0.25, 0.3) is 5.91 Å². The lowest BCUT2D eigenvalue weighted by atomic mass is 10.1. The van der Waals surface area contributed by atoms with Gasteiger partial charge in [-0.2, -0.15) is 5.10 Å². The number of rotatable bonds is 4. The first-order valence-corrected chi connectivity index (χ1v) is 7.81. The van der Waals surface area contributed by atoms with Crippen LogP contribution in [0.2, 0.25) is 0 Å². The number of amides is 1. The molecule has 0 radical (unpaired) electrons. The smallest absolute Gasteiger partial charge is 0.270 e. The summed E-state index contributed by atoms with van der Waals surface area (Å²) in [6.07, 6.45) is 3.45. The molecule has 2 N–H and O–H groups in total. The number of amidine groups is 1. The van der Waals surface area contributed by atoms with E-state index in [1.54, 1.807) is 24.1 Å². The van der Waals surface area contributed by atoms with Crippen molar-refractivity contribution in [2.45, 2.75) is 18.9 Å². The van der Waals surface area contributed by atoms with Crippen molar-refractivity contribution in [3.8, 4) is 0 Å². The van der Waals surface area contributed by atoms with Crippen molar-refractivity contribution in [1.82, 2.24) is 9.78 Å². The Morgan fingerprint density at radius 2 is 2.04 bits per heavy atom. The third-order valence-corrected chi connectivity index (χ3v) is 3.95. The number of oxime groups is 1. The van der Waals surface area contributed by atoms with E-state index >= 15 is 0 Å². The Labute approximate surface area is 146 Å². The molecule has 1 unspecified atom stereocenters. The predicted octanol–water partition coefficient (Wildman–Crippen LogP) is 1.67. The summed E-state index contributed by atoms with van der Waals surface area (Å²) in [6, 6.07) is 1.40. The van der Waals surface area contributed by atoms with Crippen LogP contribution in [-0.2, 0) is 16.7 Å². The van der Waals surface area contributed by atoms with Crippen LogP contribution < -0.4 is 10.6 Å². The highest BCUT2D eigenvalue weighted by atomic mass is 19.2. The number of nitrogens with two attached hydrogens (primary N) is 1. The molecule has 1 amide bonds. The minimum absolute atomic E-state index is 0.186. The Bertz CT molecular complexity index is 844. The van der Waals surface area contributed by atoms with Crippen LogP contribution in [-0.4, -0.2) is 34.2 Å². The van der Waals surface area contributed by atoms with E-state index < -0.39 is 23.6 Å². The average Bonchev–Trinajstić information content (AvgIpc) is 3.04. The zero-order valence-corrected chi connectivity index (χ0v) is 13.8. The van der Waals surface area contributed by atoms with Crippen molar-refractivity contribution < 1.29 is 22.8 Å². The summed E-state index contributed by atoms with van der Waals surface area (Å²) in [5.41, 5.74) is 6.07. The SMILES string of the molecule is Cn1cc(N2CCCC(O/N=C(\N)c3cc(F)c(F)c(F)c3)C2=O)cn1. The van der Waals surface area contributed by atoms with Gasteiger partial charge < -0.3 is 15.5 Å². The van der Waals surface area contributed by atoms with E-state index in [9.17, 15) is 18.0 Å². The highest BCUT2D eigenvalue weighted by Gasteiger charge is 2.32. The number of anilines is 1. The van der Waals surface area contributed by atoms with Crippen LogP contribution in [0.3, 0.4) is 0 Å². The number of piperidine rings is 1. The van der Waals surface area contributed by atoms with E-state index in [1.165, 1.54) is 4.90 Å². The van der Waals surface area contributed by atoms with E-state index in [2.05, 4.69) is 10.3 Å². The molecule has 1 aliphatic heterocycles. The Kier molecular flexibility index (Phi) is 4.83. The molecule has 1 aromatic heterocycles. The molecule has 0 saturated carbocycles. The van der Waals surface area contributed by atoms with Crippen molar-refractivity contribution in [3.05, 3.63) is 47.5 Å². The zero-order chi connectivity index (χ0) is 18.8. The number of aromatic nitrogens is 2. The van der Waals surface area contributed by atoms with Gasteiger partial charge in [0, 0.05) is 25.4 Å². The molecule has 3 rings (SSSR count). The number of hydrogen-bond acceptors (Lipinski definition) is 4. The molecule has 26 heavy (non-hydrogen) atoms. The molecule has 10 heteroatoms. The quantitative estimate of drug-likeness (QED) is 0.386. The molecule has 138 valence electrons. The number of halogens is 3. The molecule has 7 nitrogen and oxygen atoms in total. The second-order valence-electron chi connectivity index (χ2n) is 5.83. The monoisotopic (exact) mass is 367 g/mol. The van der Waals surface area contributed by atoms with Gasteiger partial charge in [0.1, 0.15) is 0 Å². The lowest BCUT2D eigenvalue weighted by molar-refractivity contribution is -0.132. The first kappa shape index (κ1) is 17.8. The second kappa shape index (κ2) is 7.06. The molecule has 1 atom stereocenters. The first-order valence-electron chi connectivity index (χ1n) is 7.81. The van der Waals surface area contributed by atoms with Crippen molar-refractivity contribution >= 4 is 17.4 Å². The molecule has 1 fully saturated rings. The molecule has 1 aliphatic rings. The maximum absolute atomic E-state index is 13.3. The minimum atomic E-state index is -1.60. The third kappa shape index (κ3) is 3.48. The topological polar surface area (TPSA) is 85.7 Å². The van der Waals surface area contributed by atoms with Crippen LogP contribution >= 0.6 is 0 Å². The summed E-state index contributed by atoms with van der Waals surface area (Å²) in [5.74, 6) is -5.08. The van der Waals surface area contributed by atoms with E-state index in [1.807, 2.05) is 0 Å². The summed E-state index contributed by atoms with van der Waals surface area (Å²) < 4.78 is 41.1. The van der Waals surface area contributed by atoms with Crippen LogP contribution in [0.1, 0.15) is 18.4 Å². The number of benzene rings is 1. The van der Waals surface area contributed by atoms with Gasteiger partial charge in [-0.05, 0) is 25.0 Å². The van der Waals surface area contributed by atoms with Gasteiger partial charge in [-0.3, -0.25) is 9.48 Å². The highest BCUT2D eigenvalue weighted by Crippen LogP contribution is 2.22. The van der Waals surface area contributed by atoms with E-state index in [-0.39, 0.29) is 17.3 Å². The molecule has 1 saturated heterocycles. The van der Waals surface area contributed by atoms with Crippen LogP contribution in [0, 0.1) is 17.5 Å². The molecule has 0 spiro atoms. The van der Waals surface area contributed by atoms with E-state index in [0.29, 0.717) is 37.2 Å². The third-order valence-electron chi connectivity index (χ3n) is 3.95. The van der Waals surface area contributed by atoms with Gasteiger partial charge in [-0.1, -0.05) is 5.16 Å². The summed E-state index contributed by atoms with van der Waals surface area (Å²) in [6.45, 7) is 0.512. The molecule has 1 aromatic carbocycles. The summed E-state index contributed by atoms with van der Waals surface area (Å²) in [5, 5.41) is 7.61. The van der Waals surface area contributed by atoms with Crippen LogP contribution in [0.25, 0.3) is 0 Å². The number of aryl methyl sites for hydroxylation is 1. The number of carbonyl (C=O) groups is 1. The fourth-order valence-corrected chi connectivity index (χ4v) is 2.62. The maximum Gasteiger partial charge on any atom is 0.270 e. The van der Waals surface area contributed by atoms with E-state index in [0.717, 1.165) is 0 Å². The lowest BCUT2D eigenvalue weighted by Crippen LogP contribution is -2.45.